The molecule has 0 aliphatic carbocycles. The summed E-state index contributed by atoms with van der Waals surface area (Å²) in [6, 6.07) is 18.9. The van der Waals surface area contributed by atoms with Crippen LogP contribution in [0.2, 0.25) is 0 Å². The molecule has 0 unspecified atom stereocenters. The number of Topliss-reactive ketones (excluding diaryl/α,β-unsaturated/α-hetero) is 1. The number of rotatable bonds is 9. The molecule has 2 aromatic heterocycles. The van der Waals surface area contributed by atoms with Crippen LogP contribution < -0.4 is 15.4 Å². The molecule has 2 aliphatic heterocycles. The summed E-state index contributed by atoms with van der Waals surface area (Å²) >= 11 is 0. The fourth-order valence-electron chi connectivity index (χ4n) is 5.37. The van der Waals surface area contributed by atoms with E-state index >= 15 is 0 Å². The number of ether oxygens (including phenoxy) is 3. The molecule has 1 amide bonds. The molecule has 0 spiro atoms. The maximum absolute atomic E-state index is 13.4. The van der Waals surface area contributed by atoms with Crippen molar-refractivity contribution in [2.24, 2.45) is 0 Å². The highest BCUT2D eigenvalue weighted by atomic mass is 16.6. The summed E-state index contributed by atoms with van der Waals surface area (Å²) in [5, 5.41) is 0. The van der Waals surface area contributed by atoms with Crippen molar-refractivity contribution in [1.29, 1.82) is 0 Å². The third-order valence-electron chi connectivity index (χ3n) is 7.71. The standard InChI is InChI=1S/C33H34N6O5/c34-32-31(30(40)18-25-19-35-12-10-29(25)38-14-16-42-17-15-38)37-28(20-36-32)24-6-8-26(9-7-24)44-27-11-13-39(21-27)33(41)43-22-23-4-2-1-3-5-23/h1-10,12,19-20,27H,11,13-18,21-22H2,(H2,34,36)/t27-/m1/s1. The van der Waals surface area contributed by atoms with Gasteiger partial charge in [0.2, 0.25) is 0 Å². The van der Waals surface area contributed by atoms with Crippen LogP contribution in [0.25, 0.3) is 11.3 Å². The van der Waals surface area contributed by atoms with Gasteiger partial charge in [-0.25, -0.2) is 14.8 Å². The number of amides is 1. The number of ketones is 1. The minimum absolute atomic E-state index is 0.0867. The van der Waals surface area contributed by atoms with Crippen LogP contribution in [-0.4, -0.2) is 77.2 Å². The van der Waals surface area contributed by atoms with Gasteiger partial charge in [-0.15, -0.1) is 0 Å². The lowest BCUT2D eigenvalue weighted by atomic mass is 10.1. The molecule has 4 heterocycles. The van der Waals surface area contributed by atoms with Crippen LogP contribution in [0.3, 0.4) is 0 Å². The summed E-state index contributed by atoms with van der Waals surface area (Å²) < 4.78 is 17.1. The van der Waals surface area contributed by atoms with Gasteiger partial charge in [0.25, 0.3) is 0 Å². The summed E-state index contributed by atoms with van der Waals surface area (Å²) in [5.74, 6) is 0.529. The van der Waals surface area contributed by atoms with Crippen molar-refractivity contribution in [1.82, 2.24) is 19.9 Å². The fourth-order valence-corrected chi connectivity index (χ4v) is 5.37. The molecule has 1 atom stereocenters. The predicted octanol–water partition coefficient (Wildman–Crippen LogP) is 4.17. The smallest absolute Gasteiger partial charge is 0.410 e. The van der Waals surface area contributed by atoms with Crippen molar-refractivity contribution in [3.05, 3.63) is 96.1 Å². The largest absolute Gasteiger partial charge is 0.489 e. The third kappa shape index (κ3) is 6.95. The molecule has 2 aromatic carbocycles. The van der Waals surface area contributed by atoms with E-state index in [0.29, 0.717) is 44.2 Å². The number of benzene rings is 2. The van der Waals surface area contributed by atoms with Gasteiger partial charge in [0.15, 0.2) is 11.6 Å². The molecule has 2 aliphatic rings. The number of carbonyl (C=O) groups excluding carboxylic acids is 2. The van der Waals surface area contributed by atoms with Gasteiger partial charge in [0.1, 0.15) is 24.2 Å². The topological polar surface area (TPSA) is 133 Å². The van der Waals surface area contributed by atoms with E-state index in [-0.39, 0.29) is 42.5 Å². The molecule has 11 heteroatoms. The van der Waals surface area contributed by atoms with Crippen molar-refractivity contribution in [3.8, 4) is 17.0 Å². The highest BCUT2D eigenvalue weighted by molar-refractivity contribution is 6.00. The fraction of sp³-hybridized carbons (Fsp3) is 0.303. The first kappa shape index (κ1) is 29.1. The van der Waals surface area contributed by atoms with Crippen LogP contribution in [-0.2, 0) is 22.5 Å². The number of carbonyl (C=O) groups is 2. The van der Waals surface area contributed by atoms with Crippen LogP contribution in [0.15, 0.2) is 79.3 Å². The number of hydrogen-bond acceptors (Lipinski definition) is 10. The number of nitrogens with two attached hydrogens (primary N) is 1. The summed E-state index contributed by atoms with van der Waals surface area (Å²) in [5.41, 5.74) is 10.3. The Bertz CT molecular complexity index is 1590. The first-order valence-electron chi connectivity index (χ1n) is 14.7. The van der Waals surface area contributed by atoms with Crippen molar-refractivity contribution in [2.75, 3.05) is 50.0 Å². The normalized spacial score (nSPS) is 16.5. The Morgan fingerprint density at radius 1 is 0.977 bits per heavy atom. The van der Waals surface area contributed by atoms with Crippen molar-refractivity contribution in [3.63, 3.8) is 0 Å². The van der Waals surface area contributed by atoms with Gasteiger partial charge < -0.3 is 29.7 Å². The Kier molecular flexibility index (Phi) is 8.93. The van der Waals surface area contributed by atoms with Gasteiger partial charge >= 0.3 is 6.09 Å². The zero-order chi connectivity index (χ0) is 30.3. The van der Waals surface area contributed by atoms with Gasteiger partial charge in [-0.2, -0.15) is 0 Å². The summed E-state index contributed by atoms with van der Waals surface area (Å²) in [6.07, 6.45) is 5.33. The van der Waals surface area contributed by atoms with Crippen LogP contribution >= 0.6 is 0 Å². The molecule has 11 nitrogen and oxygen atoms in total. The summed E-state index contributed by atoms with van der Waals surface area (Å²) in [6.45, 7) is 4.05. The first-order valence-corrected chi connectivity index (χ1v) is 14.7. The van der Waals surface area contributed by atoms with Gasteiger partial charge in [0.05, 0.1) is 31.6 Å². The lowest BCUT2D eigenvalue weighted by molar-refractivity contribution is 0.0983. The lowest BCUT2D eigenvalue weighted by Gasteiger charge is -2.30. The number of nitrogens with zero attached hydrogens (tertiary/aromatic N) is 5. The van der Waals surface area contributed by atoms with Gasteiger partial charge in [0, 0.05) is 61.7 Å². The van der Waals surface area contributed by atoms with Crippen molar-refractivity contribution in [2.45, 2.75) is 25.6 Å². The Balaban J connectivity index is 1.07. The first-order chi connectivity index (χ1) is 21.5. The molecule has 2 N–H and O–H groups in total. The average molecular weight is 595 g/mol. The van der Waals surface area contributed by atoms with E-state index in [9.17, 15) is 9.59 Å². The molecule has 226 valence electrons. The van der Waals surface area contributed by atoms with E-state index in [1.54, 1.807) is 23.5 Å². The van der Waals surface area contributed by atoms with Crippen molar-refractivity contribution < 1.29 is 23.8 Å². The highest BCUT2D eigenvalue weighted by Gasteiger charge is 2.29. The predicted molar refractivity (Wildman–Crippen MR) is 164 cm³/mol. The quantitative estimate of drug-likeness (QED) is 0.282. The molecule has 4 aromatic rings. The number of nitrogen functional groups attached to an aromatic ring is 1. The molecule has 0 radical (unpaired) electrons. The summed E-state index contributed by atoms with van der Waals surface area (Å²) in [4.78, 5) is 42.8. The number of morpholine rings is 1. The van der Waals surface area contributed by atoms with Crippen molar-refractivity contribution >= 4 is 23.4 Å². The average Bonchev–Trinajstić information content (AvgIpc) is 3.54. The molecule has 0 saturated carbocycles. The molecule has 6 rings (SSSR count). The second kappa shape index (κ2) is 13.5. The monoisotopic (exact) mass is 594 g/mol. The Hall–Kier alpha value is -5.03. The van der Waals surface area contributed by atoms with Gasteiger partial charge in [-0.1, -0.05) is 30.3 Å². The highest BCUT2D eigenvalue weighted by Crippen LogP contribution is 2.26. The van der Waals surface area contributed by atoms with E-state index in [0.717, 1.165) is 35.5 Å². The number of hydrogen-bond donors (Lipinski definition) is 1. The van der Waals surface area contributed by atoms with Crippen LogP contribution in [0.4, 0.5) is 16.3 Å². The molecule has 2 saturated heterocycles. The van der Waals surface area contributed by atoms with E-state index in [2.05, 4.69) is 19.9 Å². The molecular weight excluding hydrogens is 560 g/mol. The molecular formula is C33H34N6O5. The summed E-state index contributed by atoms with van der Waals surface area (Å²) in [7, 11) is 0. The van der Waals surface area contributed by atoms with Crippen LogP contribution in [0, 0.1) is 0 Å². The van der Waals surface area contributed by atoms with Crippen LogP contribution in [0.5, 0.6) is 5.75 Å². The minimum atomic E-state index is -0.344. The minimum Gasteiger partial charge on any atom is -0.489 e. The maximum Gasteiger partial charge on any atom is 0.410 e. The molecule has 2 fully saturated rings. The zero-order valence-corrected chi connectivity index (χ0v) is 24.3. The van der Waals surface area contributed by atoms with Crippen LogP contribution in [0.1, 0.15) is 28.0 Å². The second-order valence-electron chi connectivity index (χ2n) is 10.7. The number of anilines is 2. The van der Waals surface area contributed by atoms with E-state index in [4.69, 9.17) is 19.9 Å². The second-order valence-corrected chi connectivity index (χ2v) is 10.7. The Morgan fingerprint density at radius 3 is 2.57 bits per heavy atom. The number of aromatic nitrogens is 3. The Morgan fingerprint density at radius 2 is 1.77 bits per heavy atom. The molecule has 0 bridgehead atoms. The number of likely N-dealkylation sites (tertiary alicyclic amines) is 1. The zero-order valence-electron chi connectivity index (χ0n) is 24.3. The maximum atomic E-state index is 13.4. The molecule has 44 heavy (non-hydrogen) atoms. The number of pyridine rings is 1. The SMILES string of the molecule is Nc1ncc(-c2ccc(O[C@@H]3CCN(C(=O)OCc4ccccc4)C3)cc2)nc1C(=O)Cc1cnccc1N1CCOCC1. The van der Waals surface area contributed by atoms with E-state index in [1.807, 2.05) is 60.7 Å². The van der Waals surface area contributed by atoms with E-state index in [1.165, 1.54) is 0 Å². The Labute approximate surface area is 255 Å². The third-order valence-corrected chi connectivity index (χ3v) is 7.71. The van der Waals surface area contributed by atoms with E-state index < -0.39 is 0 Å². The van der Waals surface area contributed by atoms with Gasteiger partial charge in [-0.05, 0) is 35.9 Å². The van der Waals surface area contributed by atoms with Gasteiger partial charge in [-0.3, -0.25) is 9.78 Å². The lowest BCUT2D eigenvalue weighted by Crippen LogP contribution is -2.37.